The van der Waals surface area contributed by atoms with Crippen molar-refractivity contribution in [3.05, 3.63) is 70.9 Å². The summed E-state index contributed by atoms with van der Waals surface area (Å²) in [5, 5.41) is 15.5. The molecule has 0 unspecified atom stereocenters. The third-order valence-corrected chi connectivity index (χ3v) is 6.74. The van der Waals surface area contributed by atoms with Crippen molar-refractivity contribution in [2.24, 2.45) is 0 Å². The summed E-state index contributed by atoms with van der Waals surface area (Å²) in [5.41, 5.74) is 8.50. The molecule has 6 aromatic rings. The highest BCUT2D eigenvalue weighted by Crippen LogP contribution is 2.35. The van der Waals surface area contributed by atoms with Crippen LogP contribution in [0.15, 0.2) is 59.6 Å². The number of halogens is 1. The first-order valence-electron chi connectivity index (χ1n) is 11.4. The number of hydrogen-bond acceptors (Lipinski definition) is 5. The Labute approximate surface area is 205 Å². The Morgan fingerprint density at radius 1 is 1.00 bits per heavy atom. The number of imidazole rings is 1. The number of fused-ring (bicyclic) bond motifs is 2. The van der Waals surface area contributed by atoms with Gasteiger partial charge in [0, 0.05) is 34.9 Å². The fraction of sp³-hybridized carbons (Fsp3) is 0.148. The molecule has 0 radical (unpaired) electrons. The van der Waals surface area contributed by atoms with E-state index in [1.165, 1.54) is 6.07 Å². The van der Waals surface area contributed by atoms with E-state index in [4.69, 9.17) is 4.98 Å². The van der Waals surface area contributed by atoms with E-state index < -0.39 is 5.82 Å². The summed E-state index contributed by atoms with van der Waals surface area (Å²) in [5.74, 6) is 0.228. The molecule has 6 rings (SSSR count). The normalized spacial score (nSPS) is 11.7. The van der Waals surface area contributed by atoms with Crippen LogP contribution in [0, 0.1) is 12.7 Å². The van der Waals surface area contributed by atoms with Gasteiger partial charge in [-0.15, -0.1) is 0 Å². The monoisotopic (exact) mass is 482 g/mol. The second-order valence-electron chi connectivity index (χ2n) is 8.97. The van der Waals surface area contributed by atoms with Gasteiger partial charge in [-0.2, -0.15) is 16.4 Å². The second-order valence-corrected chi connectivity index (χ2v) is 9.75. The molecular weight excluding hydrogens is 459 g/mol. The van der Waals surface area contributed by atoms with E-state index in [1.807, 2.05) is 19.1 Å². The number of pyridine rings is 1. The van der Waals surface area contributed by atoms with Crippen LogP contribution in [0.25, 0.3) is 55.7 Å². The van der Waals surface area contributed by atoms with Gasteiger partial charge in [0.2, 0.25) is 0 Å². The first kappa shape index (κ1) is 21.5. The zero-order valence-electron chi connectivity index (χ0n) is 19.5. The Hall–Kier alpha value is -4.04. The van der Waals surface area contributed by atoms with Crippen LogP contribution in [-0.2, 0) is 0 Å². The van der Waals surface area contributed by atoms with E-state index in [0.717, 1.165) is 44.5 Å². The largest absolute Gasteiger partial charge is 0.382 e. The first-order chi connectivity index (χ1) is 17.0. The smallest absolute Gasteiger partial charge is 0.157 e. The van der Waals surface area contributed by atoms with E-state index >= 15 is 4.39 Å². The van der Waals surface area contributed by atoms with E-state index in [2.05, 4.69) is 68.3 Å². The maximum Gasteiger partial charge on any atom is 0.157 e. The SMILES string of the molecule is Cc1ccc(-c2ccsc2)c2[nH]c(-c3[nH]nc4c(F)cc(-c5cncc(NC(C)C)c5)cc34)nc12. The lowest BCUT2D eigenvalue weighted by Gasteiger charge is -2.11. The number of rotatable bonds is 5. The molecule has 3 N–H and O–H groups in total. The van der Waals surface area contributed by atoms with Gasteiger partial charge in [-0.1, -0.05) is 12.1 Å². The third kappa shape index (κ3) is 3.76. The van der Waals surface area contributed by atoms with Gasteiger partial charge in [-0.3, -0.25) is 10.1 Å². The number of thiophene rings is 1. The van der Waals surface area contributed by atoms with E-state index in [-0.39, 0.29) is 11.6 Å². The zero-order valence-corrected chi connectivity index (χ0v) is 20.3. The molecule has 0 aliphatic rings. The maximum atomic E-state index is 15.1. The predicted octanol–water partition coefficient (Wildman–Crippen LogP) is 7.16. The van der Waals surface area contributed by atoms with Gasteiger partial charge in [0.15, 0.2) is 11.6 Å². The van der Waals surface area contributed by atoms with E-state index in [1.54, 1.807) is 23.7 Å². The average molecular weight is 483 g/mol. The van der Waals surface area contributed by atoms with Gasteiger partial charge in [-0.25, -0.2) is 9.37 Å². The minimum Gasteiger partial charge on any atom is -0.382 e. The molecule has 4 heterocycles. The van der Waals surface area contributed by atoms with Crippen molar-refractivity contribution >= 4 is 39.0 Å². The van der Waals surface area contributed by atoms with Gasteiger partial charge in [0.25, 0.3) is 0 Å². The Kier molecular flexibility index (Phi) is 5.11. The summed E-state index contributed by atoms with van der Waals surface area (Å²) in [6.45, 7) is 6.17. The van der Waals surface area contributed by atoms with Crippen molar-refractivity contribution in [3.8, 4) is 33.8 Å². The number of aryl methyl sites for hydroxylation is 1. The summed E-state index contributed by atoms with van der Waals surface area (Å²) in [7, 11) is 0. The molecule has 0 aliphatic heterocycles. The Morgan fingerprint density at radius 2 is 1.89 bits per heavy atom. The highest BCUT2D eigenvalue weighted by Gasteiger charge is 2.19. The lowest BCUT2D eigenvalue weighted by atomic mass is 10.0. The van der Waals surface area contributed by atoms with Crippen LogP contribution in [0.1, 0.15) is 19.4 Å². The van der Waals surface area contributed by atoms with Crippen molar-refractivity contribution in [3.63, 3.8) is 0 Å². The molecule has 0 spiro atoms. The lowest BCUT2D eigenvalue weighted by molar-refractivity contribution is 0.636. The first-order valence-corrected chi connectivity index (χ1v) is 12.3. The Morgan fingerprint density at radius 3 is 2.69 bits per heavy atom. The number of H-pyrrole nitrogens is 2. The topological polar surface area (TPSA) is 82.3 Å². The van der Waals surface area contributed by atoms with Gasteiger partial charge < -0.3 is 10.3 Å². The van der Waals surface area contributed by atoms with Crippen LogP contribution in [0.3, 0.4) is 0 Å². The molecule has 6 nitrogen and oxygen atoms in total. The molecule has 2 aromatic carbocycles. The number of benzene rings is 2. The van der Waals surface area contributed by atoms with E-state index in [9.17, 15) is 0 Å². The third-order valence-electron chi connectivity index (χ3n) is 6.05. The van der Waals surface area contributed by atoms with E-state index in [0.29, 0.717) is 16.9 Å². The molecule has 0 saturated heterocycles. The summed E-state index contributed by atoms with van der Waals surface area (Å²) >= 11 is 1.66. The molecule has 35 heavy (non-hydrogen) atoms. The van der Waals surface area contributed by atoms with Crippen molar-refractivity contribution in [2.75, 3.05) is 5.32 Å². The van der Waals surface area contributed by atoms with Gasteiger partial charge >= 0.3 is 0 Å². The summed E-state index contributed by atoms with van der Waals surface area (Å²) in [6.07, 6.45) is 3.51. The molecule has 0 saturated carbocycles. The predicted molar refractivity (Wildman–Crippen MR) is 141 cm³/mol. The molecule has 0 fully saturated rings. The van der Waals surface area contributed by atoms with Crippen LogP contribution in [0.4, 0.5) is 10.1 Å². The highest BCUT2D eigenvalue weighted by molar-refractivity contribution is 7.08. The fourth-order valence-corrected chi connectivity index (χ4v) is 5.09. The minimum absolute atomic E-state index is 0.266. The number of nitrogens with zero attached hydrogens (tertiary/aromatic N) is 3. The molecule has 8 heteroatoms. The lowest BCUT2D eigenvalue weighted by Crippen LogP contribution is -2.09. The molecule has 4 aromatic heterocycles. The summed E-state index contributed by atoms with van der Waals surface area (Å²) in [6, 6.07) is 12.0. The number of anilines is 1. The van der Waals surface area contributed by atoms with Crippen LogP contribution in [0.5, 0.6) is 0 Å². The standard InChI is InChI=1S/C27H23FN6S/c1-14(2)30-19-8-18(11-29-12-19)17-9-21-24(22(28)10-17)33-34-26(21)27-31-23-15(3)4-5-20(25(23)32-27)16-6-7-35-13-16/h4-14,30H,1-3H3,(H,31,32)(H,33,34). The molecule has 0 bridgehead atoms. The second kappa shape index (κ2) is 8.32. The number of aromatic nitrogens is 5. The number of nitrogens with one attached hydrogen (secondary N) is 3. The van der Waals surface area contributed by atoms with Gasteiger partial charge in [-0.05, 0) is 72.5 Å². The highest BCUT2D eigenvalue weighted by atomic mass is 32.1. The van der Waals surface area contributed by atoms with Crippen molar-refractivity contribution < 1.29 is 4.39 Å². The van der Waals surface area contributed by atoms with Crippen molar-refractivity contribution in [1.82, 2.24) is 25.1 Å². The quantitative estimate of drug-likeness (QED) is 0.243. The fourth-order valence-electron chi connectivity index (χ4n) is 4.43. The number of aromatic amines is 2. The minimum atomic E-state index is -0.395. The summed E-state index contributed by atoms with van der Waals surface area (Å²) in [4.78, 5) is 12.7. The van der Waals surface area contributed by atoms with Crippen LogP contribution in [0.2, 0.25) is 0 Å². The molecule has 0 amide bonds. The molecule has 0 atom stereocenters. The Bertz CT molecular complexity index is 1680. The summed E-state index contributed by atoms with van der Waals surface area (Å²) < 4.78 is 15.1. The van der Waals surface area contributed by atoms with Crippen molar-refractivity contribution in [1.29, 1.82) is 0 Å². The maximum absolute atomic E-state index is 15.1. The molecule has 0 aliphatic carbocycles. The molecular formula is C27H23FN6S. The van der Waals surface area contributed by atoms with Crippen LogP contribution < -0.4 is 5.32 Å². The van der Waals surface area contributed by atoms with Crippen LogP contribution in [-0.4, -0.2) is 31.2 Å². The van der Waals surface area contributed by atoms with Crippen molar-refractivity contribution in [2.45, 2.75) is 26.8 Å². The Balaban J connectivity index is 1.51. The van der Waals surface area contributed by atoms with Crippen LogP contribution >= 0.6 is 11.3 Å². The zero-order chi connectivity index (χ0) is 24.1. The average Bonchev–Trinajstić information content (AvgIpc) is 3.59. The number of hydrogen-bond donors (Lipinski definition) is 3. The molecule has 174 valence electrons. The van der Waals surface area contributed by atoms with Gasteiger partial charge in [0.1, 0.15) is 11.2 Å². The van der Waals surface area contributed by atoms with Gasteiger partial charge in [0.05, 0.1) is 16.7 Å².